The molecule has 3 heterocycles. The lowest BCUT2D eigenvalue weighted by atomic mass is 9.94. The van der Waals surface area contributed by atoms with Crippen molar-refractivity contribution in [1.29, 1.82) is 0 Å². The molecule has 0 aromatic carbocycles. The van der Waals surface area contributed by atoms with Crippen LogP contribution in [0.15, 0.2) is 16.7 Å². The summed E-state index contributed by atoms with van der Waals surface area (Å²) in [6.07, 6.45) is 4.19. The van der Waals surface area contributed by atoms with Gasteiger partial charge >= 0.3 is 0 Å². The monoisotopic (exact) mass is 273 g/mol. The molecule has 0 spiro atoms. The van der Waals surface area contributed by atoms with Crippen LogP contribution in [0.4, 0.5) is 0 Å². The van der Waals surface area contributed by atoms with Crippen LogP contribution >= 0.6 is 0 Å². The number of rotatable bonds is 3. The highest BCUT2D eigenvalue weighted by molar-refractivity contribution is 5.10. The van der Waals surface area contributed by atoms with E-state index in [2.05, 4.69) is 25.1 Å². The number of piperidine rings is 1. The fourth-order valence-corrected chi connectivity index (χ4v) is 2.74. The van der Waals surface area contributed by atoms with Gasteiger partial charge in [-0.1, -0.05) is 0 Å². The molecule has 1 unspecified atom stereocenters. The molecule has 0 bridgehead atoms. The van der Waals surface area contributed by atoms with Crippen molar-refractivity contribution in [2.75, 3.05) is 13.1 Å². The maximum atomic E-state index is 5.46. The van der Waals surface area contributed by atoms with Crippen molar-refractivity contribution in [3.8, 4) is 0 Å². The van der Waals surface area contributed by atoms with Crippen molar-refractivity contribution >= 4 is 0 Å². The van der Waals surface area contributed by atoms with E-state index in [1.54, 1.807) is 0 Å². The highest BCUT2D eigenvalue weighted by Gasteiger charge is 2.23. The van der Waals surface area contributed by atoms with Crippen molar-refractivity contribution in [3.63, 3.8) is 0 Å². The van der Waals surface area contributed by atoms with Gasteiger partial charge in [0.05, 0.1) is 6.54 Å². The largest absolute Gasteiger partial charge is 0.424 e. The topological polar surface area (TPSA) is 67.9 Å². The van der Waals surface area contributed by atoms with Crippen LogP contribution in [0.2, 0.25) is 0 Å². The summed E-state index contributed by atoms with van der Waals surface area (Å²) in [5, 5.41) is 7.94. The van der Waals surface area contributed by atoms with Crippen LogP contribution in [0.25, 0.3) is 0 Å². The van der Waals surface area contributed by atoms with Gasteiger partial charge < -0.3 is 4.42 Å². The summed E-state index contributed by atoms with van der Waals surface area (Å²) in [6, 6.07) is 2.03. The second-order valence-electron chi connectivity index (χ2n) is 5.32. The summed E-state index contributed by atoms with van der Waals surface area (Å²) in [7, 11) is 0. The third-order valence-corrected chi connectivity index (χ3v) is 3.65. The molecule has 1 fully saturated rings. The summed E-state index contributed by atoms with van der Waals surface area (Å²) < 4.78 is 5.46. The number of hydrogen-bond donors (Lipinski definition) is 0. The molecule has 6 heteroatoms. The minimum Gasteiger partial charge on any atom is -0.424 e. The van der Waals surface area contributed by atoms with Gasteiger partial charge in [-0.05, 0) is 32.4 Å². The van der Waals surface area contributed by atoms with Crippen molar-refractivity contribution in [1.82, 2.24) is 25.1 Å². The van der Waals surface area contributed by atoms with E-state index in [0.29, 0.717) is 17.7 Å². The van der Waals surface area contributed by atoms with Crippen LogP contribution in [0.3, 0.4) is 0 Å². The van der Waals surface area contributed by atoms with E-state index in [9.17, 15) is 0 Å². The van der Waals surface area contributed by atoms with E-state index in [1.807, 2.05) is 26.1 Å². The Bertz CT molecular complexity index is 582. The van der Waals surface area contributed by atoms with E-state index in [1.165, 1.54) is 12.8 Å². The summed E-state index contributed by atoms with van der Waals surface area (Å²) in [6.45, 7) is 6.53. The smallest absolute Gasteiger partial charge is 0.230 e. The second kappa shape index (κ2) is 5.66. The van der Waals surface area contributed by atoms with Gasteiger partial charge in [-0.3, -0.25) is 4.90 Å². The first-order valence-corrected chi connectivity index (χ1v) is 7.01. The Morgan fingerprint density at radius 2 is 2.25 bits per heavy atom. The van der Waals surface area contributed by atoms with Gasteiger partial charge in [0, 0.05) is 31.3 Å². The minimum atomic E-state index is 0.467. The molecule has 1 saturated heterocycles. The van der Waals surface area contributed by atoms with Gasteiger partial charge in [-0.2, -0.15) is 0 Å². The molecule has 1 aliphatic heterocycles. The van der Waals surface area contributed by atoms with Gasteiger partial charge in [-0.25, -0.2) is 9.97 Å². The standard InChI is InChI=1S/C14H19N5O/c1-10-15-6-5-13(16-10)12-4-3-7-19(8-12)9-14-18-17-11(2)20-14/h5-6,12H,3-4,7-9H2,1-2H3. The number of nitrogens with zero attached hydrogens (tertiary/aromatic N) is 5. The van der Waals surface area contributed by atoms with Gasteiger partial charge in [-0.15, -0.1) is 10.2 Å². The van der Waals surface area contributed by atoms with Crippen molar-refractivity contribution in [2.24, 2.45) is 0 Å². The quantitative estimate of drug-likeness (QED) is 0.850. The zero-order chi connectivity index (χ0) is 13.9. The molecule has 0 aliphatic carbocycles. The number of likely N-dealkylation sites (tertiary alicyclic amines) is 1. The first kappa shape index (κ1) is 13.2. The van der Waals surface area contributed by atoms with E-state index in [-0.39, 0.29) is 0 Å². The number of aromatic nitrogens is 4. The third kappa shape index (κ3) is 3.01. The third-order valence-electron chi connectivity index (χ3n) is 3.65. The summed E-state index contributed by atoms with van der Waals surface area (Å²) in [5.74, 6) is 2.63. The maximum absolute atomic E-state index is 5.46. The van der Waals surface area contributed by atoms with E-state index < -0.39 is 0 Å². The lowest BCUT2D eigenvalue weighted by Gasteiger charge is -2.31. The average molecular weight is 273 g/mol. The zero-order valence-electron chi connectivity index (χ0n) is 11.9. The molecule has 0 amide bonds. The van der Waals surface area contributed by atoms with E-state index in [4.69, 9.17) is 4.42 Å². The van der Waals surface area contributed by atoms with Crippen LogP contribution in [-0.2, 0) is 6.54 Å². The van der Waals surface area contributed by atoms with Crippen molar-refractivity contribution in [2.45, 2.75) is 39.2 Å². The first-order valence-electron chi connectivity index (χ1n) is 7.01. The van der Waals surface area contributed by atoms with Crippen LogP contribution in [0.1, 0.15) is 42.1 Å². The Balaban J connectivity index is 1.67. The molecule has 3 rings (SSSR count). The van der Waals surface area contributed by atoms with Gasteiger partial charge in [0.2, 0.25) is 11.8 Å². The molecule has 2 aromatic rings. The van der Waals surface area contributed by atoms with Crippen LogP contribution in [0, 0.1) is 13.8 Å². The Kier molecular flexibility index (Phi) is 3.73. The molecule has 0 N–H and O–H groups in total. The number of hydrogen-bond acceptors (Lipinski definition) is 6. The summed E-state index contributed by atoms with van der Waals surface area (Å²) in [5.41, 5.74) is 1.14. The molecular formula is C14H19N5O. The lowest BCUT2D eigenvalue weighted by Crippen LogP contribution is -2.34. The lowest BCUT2D eigenvalue weighted by molar-refractivity contribution is 0.181. The first-order chi connectivity index (χ1) is 9.70. The Morgan fingerprint density at radius 3 is 3.00 bits per heavy atom. The van der Waals surface area contributed by atoms with Crippen LogP contribution in [0.5, 0.6) is 0 Å². The SMILES string of the molecule is Cc1nccc(C2CCCN(Cc3nnc(C)o3)C2)n1. The normalized spacial score (nSPS) is 20.2. The molecule has 6 nitrogen and oxygen atoms in total. The molecule has 0 saturated carbocycles. The highest BCUT2D eigenvalue weighted by atomic mass is 16.4. The molecule has 106 valence electrons. The zero-order valence-corrected chi connectivity index (χ0v) is 11.9. The average Bonchev–Trinajstić information content (AvgIpc) is 2.84. The molecule has 0 radical (unpaired) electrons. The predicted molar refractivity (Wildman–Crippen MR) is 73.1 cm³/mol. The molecule has 2 aromatic heterocycles. The fraction of sp³-hybridized carbons (Fsp3) is 0.571. The number of aryl methyl sites for hydroxylation is 2. The van der Waals surface area contributed by atoms with Crippen LogP contribution < -0.4 is 0 Å². The summed E-state index contributed by atoms with van der Waals surface area (Å²) >= 11 is 0. The maximum Gasteiger partial charge on any atom is 0.230 e. The predicted octanol–water partition coefficient (Wildman–Crippen LogP) is 1.86. The minimum absolute atomic E-state index is 0.467. The molecule has 1 aliphatic rings. The molecule has 1 atom stereocenters. The summed E-state index contributed by atoms with van der Waals surface area (Å²) in [4.78, 5) is 11.1. The van der Waals surface area contributed by atoms with Gasteiger partial charge in [0.15, 0.2) is 0 Å². The fourth-order valence-electron chi connectivity index (χ4n) is 2.74. The van der Waals surface area contributed by atoms with Gasteiger partial charge in [0.1, 0.15) is 5.82 Å². The Morgan fingerprint density at radius 1 is 1.35 bits per heavy atom. The molecule has 20 heavy (non-hydrogen) atoms. The van der Waals surface area contributed by atoms with Gasteiger partial charge in [0.25, 0.3) is 0 Å². The van der Waals surface area contributed by atoms with Crippen molar-refractivity contribution < 1.29 is 4.42 Å². The Hall–Kier alpha value is -1.82. The van der Waals surface area contributed by atoms with E-state index >= 15 is 0 Å². The van der Waals surface area contributed by atoms with Crippen LogP contribution in [-0.4, -0.2) is 38.2 Å². The van der Waals surface area contributed by atoms with E-state index in [0.717, 1.165) is 31.2 Å². The Labute approximate surface area is 118 Å². The molecular weight excluding hydrogens is 254 g/mol. The highest BCUT2D eigenvalue weighted by Crippen LogP contribution is 2.26. The van der Waals surface area contributed by atoms with Crippen molar-refractivity contribution in [3.05, 3.63) is 35.6 Å². The second-order valence-corrected chi connectivity index (χ2v) is 5.32.